The number of fused-ring (bicyclic) bond motifs is 1. The van der Waals surface area contributed by atoms with Crippen LogP contribution in [-0.4, -0.2) is 69.5 Å². The molecule has 26 heavy (non-hydrogen) atoms. The molecule has 8 heteroatoms. The minimum absolute atomic E-state index is 0.248. The molecule has 1 aromatic carbocycles. The van der Waals surface area contributed by atoms with Gasteiger partial charge in [0.05, 0.1) is 12.6 Å². The van der Waals surface area contributed by atoms with Crippen molar-refractivity contribution >= 4 is 0 Å². The molecule has 1 saturated heterocycles. The summed E-state index contributed by atoms with van der Waals surface area (Å²) in [5.74, 6) is 2.53. The van der Waals surface area contributed by atoms with Crippen molar-refractivity contribution in [2.45, 2.75) is 32.9 Å². The number of rotatable bonds is 6. The maximum absolute atomic E-state index is 5.48. The number of aromatic nitrogens is 4. The van der Waals surface area contributed by atoms with Crippen molar-refractivity contribution in [1.29, 1.82) is 0 Å². The van der Waals surface area contributed by atoms with Crippen LogP contribution >= 0.6 is 0 Å². The number of nitrogens with zero attached hydrogens (tertiary/aromatic N) is 6. The smallest absolute Gasteiger partial charge is 0.231 e. The normalized spacial score (nSPS) is 19.0. The third-order valence-corrected chi connectivity index (χ3v) is 5.31. The van der Waals surface area contributed by atoms with Crippen LogP contribution in [0.25, 0.3) is 0 Å². The molecule has 1 aromatic heterocycles. The van der Waals surface area contributed by atoms with Crippen LogP contribution in [-0.2, 0) is 6.54 Å². The van der Waals surface area contributed by atoms with E-state index in [4.69, 9.17) is 9.47 Å². The summed E-state index contributed by atoms with van der Waals surface area (Å²) in [6.07, 6.45) is 0.994. The van der Waals surface area contributed by atoms with Gasteiger partial charge in [-0.3, -0.25) is 4.90 Å². The molecule has 3 heterocycles. The highest BCUT2D eigenvalue weighted by Crippen LogP contribution is 2.33. The molecule has 0 radical (unpaired) electrons. The van der Waals surface area contributed by atoms with Gasteiger partial charge in [-0.05, 0) is 41.1 Å². The summed E-state index contributed by atoms with van der Waals surface area (Å²) in [5, 5.41) is 12.6. The molecular weight excluding hydrogens is 332 g/mol. The largest absolute Gasteiger partial charge is 0.454 e. The summed E-state index contributed by atoms with van der Waals surface area (Å²) in [6, 6.07) is 6.25. The second-order valence-electron chi connectivity index (χ2n) is 6.78. The van der Waals surface area contributed by atoms with Crippen molar-refractivity contribution in [2.75, 3.05) is 39.5 Å². The Morgan fingerprint density at radius 2 is 1.88 bits per heavy atom. The molecule has 1 atom stereocenters. The predicted molar refractivity (Wildman–Crippen MR) is 96.2 cm³/mol. The second-order valence-corrected chi connectivity index (χ2v) is 6.78. The van der Waals surface area contributed by atoms with E-state index in [2.05, 4.69) is 39.2 Å². The molecule has 0 spiro atoms. The Kier molecular flexibility index (Phi) is 5.03. The van der Waals surface area contributed by atoms with Crippen LogP contribution in [0, 0.1) is 0 Å². The average molecular weight is 358 g/mol. The van der Waals surface area contributed by atoms with Gasteiger partial charge in [0, 0.05) is 26.2 Å². The van der Waals surface area contributed by atoms with Crippen LogP contribution in [0.1, 0.15) is 37.7 Å². The van der Waals surface area contributed by atoms with Gasteiger partial charge in [0.1, 0.15) is 0 Å². The first kappa shape index (κ1) is 17.2. The molecule has 0 aliphatic carbocycles. The van der Waals surface area contributed by atoms with Gasteiger partial charge in [0.25, 0.3) is 0 Å². The van der Waals surface area contributed by atoms with Gasteiger partial charge >= 0.3 is 0 Å². The Balaban J connectivity index is 1.50. The number of piperazine rings is 1. The topological polar surface area (TPSA) is 68.5 Å². The summed E-state index contributed by atoms with van der Waals surface area (Å²) in [6.45, 7) is 10.8. The zero-order chi connectivity index (χ0) is 17.9. The fourth-order valence-electron chi connectivity index (χ4n) is 3.77. The third kappa shape index (κ3) is 3.39. The monoisotopic (exact) mass is 358 g/mol. The highest BCUT2D eigenvalue weighted by atomic mass is 16.7. The SMILES string of the molecule is CC[C@@H](c1nnnn1Cc1ccc2c(c1)OCO2)N1CCN(CC)CC1. The maximum Gasteiger partial charge on any atom is 0.231 e. The molecule has 4 rings (SSSR count). The molecule has 0 unspecified atom stereocenters. The highest BCUT2D eigenvalue weighted by molar-refractivity contribution is 5.44. The molecule has 0 saturated carbocycles. The van der Waals surface area contributed by atoms with Gasteiger partial charge in [-0.1, -0.05) is 19.9 Å². The molecule has 0 bridgehead atoms. The molecular formula is C18H26N6O2. The van der Waals surface area contributed by atoms with Crippen molar-refractivity contribution in [1.82, 2.24) is 30.0 Å². The van der Waals surface area contributed by atoms with E-state index in [0.717, 1.165) is 62.0 Å². The van der Waals surface area contributed by atoms with E-state index in [9.17, 15) is 0 Å². The van der Waals surface area contributed by atoms with Crippen molar-refractivity contribution in [3.05, 3.63) is 29.6 Å². The lowest BCUT2D eigenvalue weighted by molar-refractivity contribution is 0.0915. The van der Waals surface area contributed by atoms with Crippen LogP contribution in [0.3, 0.4) is 0 Å². The third-order valence-electron chi connectivity index (χ3n) is 5.31. The summed E-state index contributed by atoms with van der Waals surface area (Å²) in [7, 11) is 0. The van der Waals surface area contributed by atoms with Crippen molar-refractivity contribution < 1.29 is 9.47 Å². The number of tetrazole rings is 1. The average Bonchev–Trinajstić information content (AvgIpc) is 3.32. The molecule has 0 amide bonds. The van der Waals surface area contributed by atoms with E-state index >= 15 is 0 Å². The predicted octanol–water partition coefficient (Wildman–Crippen LogP) is 1.54. The fourth-order valence-corrected chi connectivity index (χ4v) is 3.77. The van der Waals surface area contributed by atoms with E-state index in [1.807, 2.05) is 22.9 Å². The maximum atomic E-state index is 5.48. The van der Waals surface area contributed by atoms with Gasteiger partial charge in [-0.25, -0.2) is 4.68 Å². The standard InChI is InChI=1S/C18H26N6O2/c1-3-15(23-9-7-22(4-2)8-10-23)18-19-20-21-24(18)12-14-5-6-16-17(11-14)26-13-25-16/h5-6,11,15H,3-4,7-10,12-13H2,1-2H3/t15-/m0/s1. The van der Waals surface area contributed by atoms with Gasteiger partial charge in [-0.2, -0.15) is 0 Å². The van der Waals surface area contributed by atoms with Gasteiger partial charge in [0.2, 0.25) is 6.79 Å². The second kappa shape index (κ2) is 7.59. The summed E-state index contributed by atoms with van der Waals surface area (Å²) >= 11 is 0. The first-order valence-electron chi connectivity index (χ1n) is 9.39. The first-order chi connectivity index (χ1) is 12.8. The minimum Gasteiger partial charge on any atom is -0.454 e. The quantitative estimate of drug-likeness (QED) is 0.776. The van der Waals surface area contributed by atoms with E-state index < -0.39 is 0 Å². The van der Waals surface area contributed by atoms with Crippen LogP contribution in [0.4, 0.5) is 0 Å². The number of benzene rings is 1. The van der Waals surface area contributed by atoms with Crippen LogP contribution in [0.5, 0.6) is 11.5 Å². The molecule has 140 valence electrons. The van der Waals surface area contributed by atoms with Crippen molar-refractivity contribution in [2.24, 2.45) is 0 Å². The summed E-state index contributed by atoms with van der Waals surface area (Å²) < 4.78 is 12.8. The van der Waals surface area contributed by atoms with E-state index in [1.165, 1.54) is 0 Å². The zero-order valence-electron chi connectivity index (χ0n) is 15.5. The molecule has 2 aromatic rings. The minimum atomic E-state index is 0.248. The number of ether oxygens (including phenoxy) is 2. The Morgan fingerprint density at radius 1 is 1.08 bits per heavy atom. The number of hydrogen-bond donors (Lipinski definition) is 0. The Hall–Kier alpha value is -2.19. The highest BCUT2D eigenvalue weighted by Gasteiger charge is 2.27. The van der Waals surface area contributed by atoms with Crippen molar-refractivity contribution in [3.63, 3.8) is 0 Å². The van der Waals surface area contributed by atoms with Crippen LogP contribution < -0.4 is 9.47 Å². The van der Waals surface area contributed by atoms with Gasteiger partial charge < -0.3 is 14.4 Å². The van der Waals surface area contributed by atoms with Gasteiger partial charge in [0.15, 0.2) is 17.3 Å². The lowest BCUT2D eigenvalue weighted by Crippen LogP contribution is -2.47. The Labute approximate surface area is 153 Å². The zero-order valence-corrected chi connectivity index (χ0v) is 15.5. The number of hydrogen-bond acceptors (Lipinski definition) is 7. The Morgan fingerprint density at radius 3 is 2.65 bits per heavy atom. The summed E-state index contributed by atoms with van der Waals surface area (Å²) in [4.78, 5) is 4.99. The molecule has 2 aliphatic rings. The van der Waals surface area contributed by atoms with E-state index in [1.54, 1.807) is 0 Å². The molecule has 1 fully saturated rings. The van der Waals surface area contributed by atoms with Gasteiger partial charge in [-0.15, -0.1) is 5.10 Å². The number of likely N-dealkylation sites (N-methyl/N-ethyl adjacent to an activating group) is 1. The van der Waals surface area contributed by atoms with Crippen LogP contribution in [0.15, 0.2) is 18.2 Å². The van der Waals surface area contributed by atoms with E-state index in [0.29, 0.717) is 6.54 Å². The van der Waals surface area contributed by atoms with E-state index in [-0.39, 0.29) is 12.8 Å². The lowest BCUT2D eigenvalue weighted by Gasteiger charge is -2.38. The molecule has 8 nitrogen and oxygen atoms in total. The summed E-state index contributed by atoms with van der Waals surface area (Å²) in [5.41, 5.74) is 1.11. The lowest BCUT2D eigenvalue weighted by atomic mass is 10.1. The Bertz CT molecular complexity index is 741. The molecule has 0 N–H and O–H groups in total. The van der Waals surface area contributed by atoms with Crippen molar-refractivity contribution in [3.8, 4) is 11.5 Å². The first-order valence-corrected chi connectivity index (χ1v) is 9.39. The van der Waals surface area contributed by atoms with Crippen LogP contribution in [0.2, 0.25) is 0 Å². The fraction of sp³-hybridized carbons (Fsp3) is 0.611. The molecule has 2 aliphatic heterocycles.